The van der Waals surface area contributed by atoms with E-state index < -0.39 is 18.6 Å². The summed E-state index contributed by atoms with van der Waals surface area (Å²) in [5.41, 5.74) is 1.55. The third-order valence-electron chi connectivity index (χ3n) is 2.98. The maximum atomic E-state index is 12.6. The fourth-order valence-electron chi connectivity index (χ4n) is 2.03. The number of imidazole rings is 1. The third kappa shape index (κ3) is 4.70. The van der Waals surface area contributed by atoms with Crippen LogP contribution in [0.15, 0.2) is 42.9 Å². The van der Waals surface area contributed by atoms with Crippen LogP contribution < -0.4 is 5.32 Å². The zero-order valence-corrected chi connectivity index (χ0v) is 10.8. The molecule has 3 nitrogen and oxygen atoms in total. The van der Waals surface area contributed by atoms with E-state index in [1.54, 1.807) is 42.9 Å². The molecule has 2 N–H and O–H groups in total. The number of hydrogen-bond acceptors (Lipinski definition) is 2. The van der Waals surface area contributed by atoms with Gasteiger partial charge in [0.2, 0.25) is 0 Å². The number of nitrogens with one attached hydrogen (secondary N) is 2. The van der Waals surface area contributed by atoms with Crippen molar-refractivity contribution < 1.29 is 13.2 Å². The molecular weight excluding hydrogens is 267 g/mol. The Hall–Kier alpha value is -1.82. The minimum atomic E-state index is -4.19. The molecule has 108 valence electrons. The summed E-state index contributed by atoms with van der Waals surface area (Å²) in [6.07, 6.45) is -1.23. The van der Waals surface area contributed by atoms with E-state index in [1.807, 2.05) is 0 Å². The van der Waals surface area contributed by atoms with E-state index in [1.165, 1.54) is 0 Å². The number of hydrogen-bond donors (Lipinski definition) is 2. The molecule has 1 heterocycles. The number of nitrogens with zero attached hydrogens (tertiary/aromatic N) is 1. The Labute approximate surface area is 115 Å². The van der Waals surface area contributed by atoms with Crippen molar-refractivity contribution in [3.05, 3.63) is 54.1 Å². The van der Waals surface area contributed by atoms with Gasteiger partial charge in [-0.1, -0.05) is 30.3 Å². The molecular formula is C14H16F3N3. The van der Waals surface area contributed by atoms with E-state index in [2.05, 4.69) is 15.3 Å². The van der Waals surface area contributed by atoms with Crippen LogP contribution in [-0.4, -0.2) is 22.7 Å². The van der Waals surface area contributed by atoms with Gasteiger partial charge in [0.15, 0.2) is 0 Å². The van der Waals surface area contributed by atoms with Crippen molar-refractivity contribution in [3.63, 3.8) is 0 Å². The first-order valence-corrected chi connectivity index (χ1v) is 6.37. The number of H-pyrrole nitrogens is 1. The minimum Gasteiger partial charge on any atom is -0.348 e. The van der Waals surface area contributed by atoms with Crippen molar-refractivity contribution in [3.8, 4) is 0 Å². The first-order chi connectivity index (χ1) is 9.54. The van der Waals surface area contributed by atoms with Crippen molar-refractivity contribution in [2.24, 2.45) is 0 Å². The quantitative estimate of drug-likeness (QED) is 0.854. The Kier molecular flexibility index (Phi) is 4.79. The Morgan fingerprint density at radius 3 is 2.55 bits per heavy atom. The van der Waals surface area contributed by atoms with Crippen molar-refractivity contribution in [2.75, 3.05) is 6.54 Å². The number of aromatic amines is 1. The lowest BCUT2D eigenvalue weighted by Crippen LogP contribution is -2.28. The van der Waals surface area contributed by atoms with Crippen LogP contribution in [0.3, 0.4) is 0 Å². The summed E-state index contributed by atoms with van der Waals surface area (Å²) in [5.74, 6) is 0. The number of benzene rings is 1. The van der Waals surface area contributed by atoms with Gasteiger partial charge in [0.25, 0.3) is 0 Å². The van der Waals surface area contributed by atoms with E-state index in [0.29, 0.717) is 18.5 Å². The Balaban J connectivity index is 1.96. The highest BCUT2D eigenvalue weighted by Crippen LogP contribution is 2.29. The molecule has 0 saturated carbocycles. The van der Waals surface area contributed by atoms with Crippen molar-refractivity contribution in [2.45, 2.75) is 25.1 Å². The molecule has 0 bridgehead atoms. The van der Waals surface area contributed by atoms with Crippen LogP contribution in [0.1, 0.15) is 23.7 Å². The van der Waals surface area contributed by atoms with Gasteiger partial charge in [-0.3, -0.25) is 0 Å². The lowest BCUT2D eigenvalue weighted by atomic mass is 10.0. The second-order valence-electron chi connectivity index (χ2n) is 4.56. The van der Waals surface area contributed by atoms with Gasteiger partial charge in [0, 0.05) is 30.9 Å². The highest BCUT2D eigenvalue weighted by molar-refractivity contribution is 5.19. The van der Waals surface area contributed by atoms with Crippen molar-refractivity contribution in [1.29, 1.82) is 0 Å². The molecule has 0 fully saturated rings. The number of halogens is 3. The van der Waals surface area contributed by atoms with Crippen LogP contribution >= 0.6 is 0 Å². The third-order valence-corrected chi connectivity index (χ3v) is 2.98. The maximum absolute atomic E-state index is 12.6. The van der Waals surface area contributed by atoms with Crippen LogP contribution in [-0.2, 0) is 6.42 Å². The van der Waals surface area contributed by atoms with Crippen LogP contribution in [0, 0.1) is 0 Å². The summed E-state index contributed by atoms with van der Waals surface area (Å²) < 4.78 is 37.9. The Bertz CT molecular complexity index is 494. The van der Waals surface area contributed by atoms with Gasteiger partial charge in [-0.2, -0.15) is 13.2 Å². The molecule has 20 heavy (non-hydrogen) atoms. The van der Waals surface area contributed by atoms with Crippen LogP contribution in [0.5, 0.6) is 0 Å². The molecule has 2 aromatic rings. The summed E-state index contributed by atoms with van der Waals surface area (Å²) in [6.45, 7) is 0.456. The first kappa shape index (κ1) is 14.6. The normalized spacial score (nSPS) is 13.3. The molecule has 1 unspecified atom stereocenters. The lowest BCUT2D eigenvalue weighted by molar-refractivity contribution is -0.140. The molecule has 2 rings (SSSR count). The Morgan fingerprint density at radius 2 is 1.95 bits per heavy atom. The SMILES string of the molecule is FC(F)(F)CC(NCCc1cnc[nH]1)c1ccccc1. The van der Waals surface area contributed by atoms with E-state index in [4.69, 9.17) is 0 Å². The average molecular weight is 283 g/mol. The number of aromatic nitrogens is 2. The summed E-state index contributed by atoms with van der Waals surface area (Å²) in [5, 5.41) is 2.96. The predicted octanol–water partition coefficient (Wildman–Crippen LogP) is 3.24. The molecule has 0 aliphatic carbocycles. The molecule has 1 atom stereocenters. The fraction of sp³-hybridized carbons (Fsp3) is 0.357. The largest absolute Gasteiger partial charge is 0.390 e. The van der Waals surface area contributed by atoms with Crippen molar-refractivity contribution >= 4 is 0 Å². The molecule has 1 aromatic heterocycles. The van der Waals surface area contributed by atoms with Gasteiger partial charge in [0.05, 0.1) is 12.7 Å². The summed E-state index contributed by atoms with van der Waals surface area (Å²) >= 11 is 0. The maximum Gasteiger partial charge on any atom is 0.390 e. The van der Waals surface area contributed by atoms with Gasteiger partial charge in [-0.05, 0) is 5.56 Å². The average Bonchev–Trinajstić information content (AvgIpc) is 2.90. The predicted molar refractivity (Wildman–Crippen MR) is 70.1 cm³/mol. The summed E-state index contributed by atoms with van der Waals surface area (Å²) in [7, 11) is 0. The van der Waals surface area contributed by atoms with Gasteiger partial charge >= 0.3 is 6.18 Å². The molecule has 0 aliphatic heterocycles. The molecule has 0 amide bonds. The van der Waals surface area contributed by atoms with Crippen LogP contribution in [0.4, 0.5) is 13.2 Å². The van der Waals surface area contributed by atoms with E-state index in [-0.39, 0.29) is 0 Å². The van der Waals surface area contributed by atoms with E-state index in [0.717, 1.165) is 5.69 Å². The molecule has 0 saturated heterocycles. The smallest absolute Gasteiger partial charge is 0.348 e. The highest BCUT2D eigenvalue weighted by atomic mass is 19.4. The monoisotopic (exact) mass is 283 g/mol. The molecule has 0 spiro atoms. The highest BCUT2D eigenvalue weighted by Gasteiger charge is 2.32. The van der Waals surface area contributed by atoms with Gasteiger partial charge < -0.3 is 10.3 Å². The zero-order valence-electron chi connectivity index (χ0n) is 10.8. The second kappa shape index (κ2) is 6.56. The molecule has 0 radical (unpaired) electrons. The van der Waals surface area contributed by atoms with Gasteiger partial charge in [0.1, 0.15) is 0 Å². The summed E-state index contributed by atoms with van der Waals surface area (Å²) in [4.78, 5) is 6.80. The van der Waals surface area contributed by atoms with E-state index in [9.17, 15) is 13.2 Å². The summed E-state index contributed by atoms with van der Waals surface area (Å²) in [6, 6.07) is 7.97. The fourth-order valence-corrected chi connectivity index (χ4v) is 2.03. The molecule has 1 aromatic carbocycles. The minimum absolute atomic E-state index is 0.456. The Morgan fingerprint density at radius 1 is 1.20 bits per heavy atom. The standard InChI is InChI=1S/C14H16F3N3/c15-14(16,17)8-13(11-4-2-1-3-5-11)19-7-6-12-9-18-10-20-12/h1-5,9-10,13,19H,6-8H2,(H,18,20). The molecule has 0 aliphatic rings. The molecule has 6 heteroatoms. The number of alkyl halides is 3. The zero-order chi connectivity index (χ0) is 14.4. The van der Waals surface area contributed by atoms with Crippen LogP contribution in [0.25, 0.3) is 0 Å². The van der Waals surface area contributed by atoms with Gasteiger partial charge in [-0.15, -0.1) is 0 Å². The first-order valence-electron chi connectivity index (χ1n) is 6.37. The van der Waals surface area contributed by atoms with E-state index >= 15 is 0 Å². The van der Waals surface area contributed by atoms with Crippen molar-refractivity contribution in [1.82, 2.24) is 15.3 Å². The lowest BCUT2D eigenvalue weighted by Gasteiger charge is -2.20. The topological polar surface area (TPSA) is 40.7 Å². The second-order valence-corrected chi connectivity index (χ2v) is 4.56. The number of rotatable bonds is 6. The van der Waals surface area contributed by atoms with Gasteiger partial charge in [-0.25, -0.2) is 4.98 Å². The van der Waals surface area contributed by atoms with Crippen LogP contribution in [0.2, 0.25) is 0 Å².